The van der Waals surface area contributed by atoms with Crippen LogP contribution < -0.4 is 10.1 Å². The first-order chi connectivity index (χ1) is 12.7. The predicted octanol–water partition coefficient (Wildman–Crippen LogP) is 2.15. The van der Waals surface area contributed by atoms with E-state index in [-0.39, 0.29) is 12.0 Å². The molecule has 1 amide bonds. The van der Waals surface area contributed by atoms with E-state index < -0.39 is 6.10 Å². The van der Waals surface area contributed by atoms with Gasteiger partial charge in [-0.25, -0.2) is 4.98 Å². The number of nitrogens with zero attached hydrogens (tertiary/aromatic N) is 2. The van der Waals surface area contributed by atoms with Crippen molar-refractivity contribution < 1.29 is 14.6 Å². The number of pyridine rings is 1. The number of fused-ring (bicyclic) bond motifs is 1. The van der Waals surface area contributed by atoms with Crippen molar-refractivity contribution in [3.8, 4) is 5.88 Å². The largest absolute Gasteiger partial charge is 0.474 e. The van der Waals surface area contributed by atoms with Crippen LogP contribution in [0.3, 0.4) is 0 Å². The number of benzene rings is 1. The minimum Gasteiger partial charge on any atom is -0.474 e. The molecule has 0 aliphatic carbocycles. The topological polar surface area (TPSA) is 74.7 Å². The molecule has 6 heteroatoms. The summed E-state index contributed by atoms with van der Waals surface area (Å²) in [6, 6.07) is 11.4. The molecule has 1 unspecified atom stereocenters. The summed E-state index contributed by atoms with van der Waals surface area (Å²) in [5.41, 5.74) is 2.69. The summed E-state index contributed by atoms with van der Waals surface area (Å²) in [4.78, 5) is 17.9. The number of ether oxygens (including phenoxy) is 1. The van der Waals surface area contributed by atoms with Crippen LogP contribution in [0.25, 0.3) is 0 Å². The Morgan fingerprint density at radius 1 is 1.27 bits per heavy atom. The lowest BCUT2D eigenvalue weighted by atomic mass is 10.0. The number of hydrogen-bond donors (Lipinski definition) is 2. The smallest absolute Gasteiger partial charge is 0.228 e. The summed E-state index contributed by atoms with van der Waals surface area (Å²) in [5.74, 6) is 0.689. The Balaban J connectivity index is 1.29. The highest BCUT2D eigenvalue weighted by atomic mass is 16.5. The third-order valence-electron chi connectivity index (χ3n) is 5.03. The van der Waals surface area contributed by atoms with Gasteiger partial charge in [-0.05, 0) is 36.1 Å². The van der Waals surface area contributed by atoms with Crippen LogP contribution in [0.4, 0.5) is 5.69 Å². The van der Waals surface area contributed by atoms with Gasteiger partial charge in [0, 0.05) is 37.6 Å². The number of aromatic nitrogens is 1. The Labute approximate surface area is 152 Å². The number of β-amino-alcohol motifs (C(OH)–C–C–N with tert-alkyl or cyclic N) is 1. The van der Waals surface area contributed by atoms with Gasteiger partial charge in [0.15, 0.2) is 0 Å². The van der Waals surface area contributed by atoms with Gasteiger partial charge in [-0.1, -0.05) is 18.2 Å². The van der Waals surface area contributed by atoms with E-state index in [0.717, 1.165) is 42.7 Å². The first-order valence-corrected chi connectivity index (χ1v) is 9.08. The fourth-order valence-electron chi connectivity index (χ4n) is 3.60. The van der Waals surface area contributed by atoms with E-state index in [0.29, 0.717) is 18.8 Å². The van der Waals surface area contributed by atoms with E-state index in [1.165, 1.54) is 0 Å². The number of carbonyl (C=O) groups excluding carboxylic acids is 1. The van der Waals surface area contributed by atoms with Crippen molar-refractivity contribution in [2.45, 2.75) is 31.5 Å². The number of carbonyl (C=O) groups is 1. The first-order valence-electron chi connectivity index (χ1n) is 9.08. The summed E-state index contributed by atoms with van der Waals surface area (Å²) >= 11 is 0. The standard InChI is InChI=1S/C20H23N3O3/c24-18(14-4-5-17-15(11-14)12-19(25)22-17)13-23-9-6-16(7-10-23)26-20-3-1-2-8-21-20/h1-5,8,11,16,18,24H,6-7,9-10,12-13H2,(H,22,25). The van der Waals surface area contributed by atoms with Gasteiger partial charge < -0.3 is 20.1 Å². The highest BCUT2D eigenvalue weighted by molar-refractivity contribution is 5.99. The molecule has 6 nitrogen and oxygen atoms in total. The van der Waals surface area contributed by atoms with E-state index in [2.05, 4.69) is 15.2 Å². The van der Waals surface area contributed by atoms with Gasteiger partial charge in [-0.15, -0.1) is 0 Å². The van der Waals surface area contributed by atoms with E-state index in [9.17, 15) is 9.90 Å². The van der Waals surface area contributed by atoms with E-state index in [1.54, 1.807) is 6.20 Å². The highest BCUT2D eigenvalue weighted by Gasteiger charge is 2.24. The molecule has 26 heavy (non-hydrogen) atoms. The van der Waals surface area contributed by atoms with Crippen LogP contribution in [-0.2, 0) is 11.2 Å². The number of nitrogens with one attached hydrogen (secondary N) is 1. The zero-order valence-corrected chi connectivity index (χ0v) is 14.6. The SMILES string of the molecule is O=C1Cc2cc(C(O)CN3CCC(Oc4ccccn4)CC3)ccc2N1. The number of anilines is 1. The molecule has 0 radical (unpaired) electrons. The number of rotatable bonds is 5. The van der Waals surface area contributed by atoms with Crippen LogP contribution >= 0.6 is 0 Å². The summed E-state index contributed by atoms with van der Waals surface area (Å²) in [6.45, 7) is 2.37. The van der Waals surface area contributed by atoms with Gasteiger partial charge in [0.25, 0.3) is 0 Å². The zero-order chi connectivity index (χ0) is 17.9. The molecule has 1 aromatic carbocycles. The van der Waals surface area contributed by atoms with Crippen molar-refractivity contribution in [2.24, 2.45) is 0 Å². The van der Waals surface area contributed by atoms with Crippen molar-refractivity contribution in [3.05, 3.63) is 53.7 Å². The van der Waals surface area contributed by atoms with Crippen LogP contribution in [-0.4, -0.2) is 46.6 Å². The first kappa shape index (κ1) is 17.0. The number of aliphatic hydroxyl groups is 1. The molecule has 3 heterocycles. The van der Waals surface area contributed by atoms with Gasteiger partial charge in [0.1, 0.15) is 6.10 Å². The molecule has 2 aromatic rings. The zero-order valence-electron chi connectivity index (χ0n) is 14.6. The quantitative estimate of drug-likeness (QED) is 0.862. The molecule has 2 aliphatic rings. The summed E-state index contributed by atoms with van der Waals surface area (Å²) in [6.07, 6.45) is 3.60. The number of hydrogen-bond acceptors (Lipinski definition) is 5. The molecule has 1 fully saturated rings. The van der Waals surface area contributed by atoms with Gasteiger partial charge in [-0.2, -0.15) is 0 Å². The van der Waals surface area contributed by atoms with Crippen molar-refractivity contribution >= 4 is 11.6 Å². The molecule has 0 spiro atoms. The molecular formula is C20H23N3O3. The number of piperidine rings is 1. The minimum absolute atomic E-state index is 0.0154. The number of aliphatic hydroxyl groups excluding tert-OH is 1. The monoisotopic (exact) mass is 353 g/mol. The highest BCUT2D eigenvalue weighted by Crippen LogP contribution is 2.27. The van der Waals surface area contributed by atoms with E-state index in [4.69, 9.17) is 4.74 Å². The van der Waals surface area contributed by atoms with Crippen molar-refractivity contribution in [1.29, 1.82) is 0 Å². The Morgan fingerprint density at radius 3 is 2.88 bits per heavy atom. The van der Waals surface area contributed by atoms with Crippen LogP contribution in [0.5, 0.6) is 5.88 Å². The third kappa shape index (κ3) is 3.86. The molecule has 1 atom stereocenters. The second-order valence-electron chi connectivity index (χ2n) is 6.94. The van der Waals surface area contributed by atoms with Gasteiger partial charge >= 0.3 is 0 Å². The van der Waals surface area contributed by atoms with Crippen LogP contribution in [0.2, 0.25) is 0 Å². The molecule has 4 rings (SSSR count). The Kier molecular flexibility index (Phi) is 4.86. The Hall–Kier alpha value is -2.44. The molecule has 1 aromatic heterocycles. The lowest BCUT2D eigenvalue weighted by Gasteiger charge is -2.33. The number of amides is 1. The van der Waals surface area contributed by atoms with Crippen molar-refractivity contribution in [1.82, 2.24) is 9.88 Å². The molecule has 1 saturated heterocycles. The molecular weight excluding hydrogens is 330 g/mol. The normalized spacial score (nSPS) is 19.0. The maximum Gasteiger partial charge on any atom is 0.228 e. The van der Waals surface area contributed by atoms with Crippen molar-refractivity contribution in [3.63, 3.8) is 0 Å². The van der Waals surface area contributed by atoms with Gasteiger partial charge in [0.2, 0.25) is 11.8 Å². The molecule has 0 saturated carbocycles. The van der Waals surface area contributed by atoms with E-state index >= 15 is 0 Å². The second-order valence-corrected chi connectivity index (χ2v) is 6.94. The molecule has 2 aliphatic heterocycles. The van der Waals surface area contributed by atoms with Gasteiger partial charge in [0.05, 0.1) is 12.5 Å². The average molecular weight is 353 g/mol. The number of likely N-dealkylation sites (tertiary alicyclic amines) is 1. The fourth-order valence-corrected chi connectivity index (χ4v) is 3.60. The maximum absolute atomic E-state index is 11.5. The molecule has 2 N–H and O–H groups in total. The minimum atomic E-state index is -0.552. The Bertz CT molecular complexity index is 773. The summed E-state index contributed by atoms with van der Waals surface area (Å²) in [7, 11) is 0. The third-order valence-corrected chi connectivity index (χ3v) is 5.03. The molecule has 136 valence electrons. The lowest BCUT2D eigenvalue weighted by molar-refractivity contribution is -0.115. The van der Waals surface area contributed by atoms with Gasteiger partial charge in [-0.3, -0.25) is 4.79 Å². The maximum atomic E-state index is 11.5. The second kappa shape index (κ2) is 7.43. The van der Waals surface area contributed by atoms with E-state index in [1.807, 2.05) is 36.4 Å². The predicted molar refractivity (Wildman–Crippen MR) is 98.1 cm³/mol. The Morgan fingerprint density at radius 2 is 2.12 bits per heavy atom. The fraction of sp³-hybridized carbons (Fsp3) is 0.400. The average Bonchev–Trinajstić information content (AvgIpc) is 3.03. The summed E-state index contributed by atoms with van der Waals surface area (Å²) in [5, 5.41) is 13.4. The van der Waals surface area contributed by atoms with Crippen LogP contribution in [0, 0.1) is 0 Å². The van der Waals surface area contributed by atoms with Crippen LogP contribution in [0.1, 0.15) is 30.1 Å². The lowest BCUT2D eigenvalue weighted by Crippen LogP contribution is -2.40. The van der Waals surface area contributed by atoms with Crippen molar-refractivity contribution in [2.75, 3.05) is 25.0 Å². The molecule has 0 bridgehead atoms. The summed E-state index contributed by atoms with van der Waals surface area (Å²) < 4.78 is 5.91. The van der Waals surface area contributed by atoms with Crippen LogP contribution in [0.15, 0.2) is 42.6 Å².